The Hall–Kier alpha value is -0.430. The topological polar surface area (TPSA) is 53.3 Å². The van der Waals surface area contributed by atoms with E-state index in [1.54, 1.807) is 0 Å². The molecule has 110 valence electrons. The summed E-state index contributed by atoms with van der Waals surface area (Å²) in [6.07, 6.45) is 0. The van der Waals surface area contributed by atoms with Crippen molar-refractivity contribution in [2.45, 2.75) is 39.5 Å². The van der Waals surface area contributed by atoms with Crippen LogP contribution in [0.3, 0.4) is 0 Å². The van der Waals surface area contributed by atoms with Gasteiger partial charge < -0.3 is 15.3 Å². The smallest absolute Gasteiger partial charge is 0.0869 e. The lowest BCUT2D eigenvalue weighted by Crippen LogP contribution is -2.45. The standard InChI is InChI=1S/C13H25BrN4O/c1-6-18-11(12(14)10(2)16-18)7-15-8-13(3,19)9-17(4)5/h15,19H,6-9H2,1-5H3. The van der Waals surface area contributed by atoms with Crippen LogP contribution in [0.25, 0.3) is 0 Å². The molecule has 0 fully saturated rings. The Morgan fingerprint density at radius 1 is 1.47 bits per heavy atom. The molecule has 0 aromatic carbocycles. The summed E-state index contributed by atoms with van der Waals surface area (Å²) in [6.45, 7) is 8.62. The molecular weight excluding hydrogens is 308 g/mol. The van der Waals surface area contributed by atoms with Crippen LogP contribution >= 0.6 is 15.9 Å². The molecule has 0 aliphatic carbocycles. The minimum atomic E-state index is -0.734. The molecule has 1 unspecified atom stereocenters. The summed E-state index contributed by atoms with van der Waals surface area (Å²) in [5, 5.41) is 18.0. The summed E-state index contributed by atoms with van der Waals surface area (Å²) in [6, 6.07) is 0. The number of hydrogen-bond acceptors (Lipinski definition) is 4. The van der Waals surface area contributed by atoms with E-state index in [1.807, 2.05) is 37.5 Å². The van der Waals surface area contributed by atoms with Gasteiger partial charge in [0, 0.05) is 26.2 Å². The number of nitrogens with zero attached hydrogens (tertiary/aromatic N) is 3. The van der Waals surface area contributed by atoms with Crippen LogP contribution in [-0.4, -0.2) is 52.6 Å². The highest BCUT2D eigenvalue weighted by molar-refractivity contribution is 9.10. The lowest BCUT2D eigenvalue weighted by atomic mass is 10.1. The molecule has 0 spiro atoms. The second kappa shape index (κ2) is 6.83. The molecule has 19 heavy (non-hydrogen) atoms. The summed E-state index contributed by atoms with van der Waals surface area (Å²) < 4.78 is 3.03. The summed E-state index contributed by atoms with van der Waals surface area (Å²) in [7, 11) is 3.92. The molecule has 1 aromatic heterocycles. The van der Waals surface area contributed by atoms with Crippen LogP contribution in [0.2, 0.25) is 0 Å². The Labute approximate surface area is 124 Å². The lowest BCUT2D eigenvalue weighted by Gasteiger charge is -2.27. The van der Waals surface area contributed by atoms with Gasteiger partial charge in [0.25, 0.3) is 0 Å². The number of aliphatic hydroxyl groups is 1. The molecule has 0 saturated carbocycles. The highest BCUT2D eigenvalue weighted by Crippen LogP contribution is 2.20. The molecule has 5 nitrogen and oxygen atoms in total. The zero-order valence-corrected chi connectivity index (χ0v) is 14.1. The summed E-state index contributed by atoms with van der Waals surface area (Å²) in [5.41, 5.74) is 1.39. The number of halogens is 1. The second-order valence-electron chi connectivity index (χ2n) is 5.50. The van der Waals surface area contributed by atoms with Crippen LogP contribution in [0.1, 0.15) is 25.2 Å². The monoisotopic (exact) mass is 332 g/mol. The molecule has 1 aromatic rings. The van der Waals surface area contributed by atoms with E-state index >= 15 is 0 Å². The first-order chi connectivity index (χ1) is 8.76. The third kappa shape index (κ3) is 4.87. The maximum atomic E-state index is 10.2. The van der Waals surface area contributed by atoms with Crippen molar-refractivity contribution in [3.05, 3.63) is 15.9 Å². The van der Waals surface area contributed by atoms with Crippen LogP contribution in [0, 0.1) is 6.92 Å². The predicted octanol–water partition coefficient (Wildman–Crippen LogP) is 1.38. The van der Waals surface area contributed by atoms with E-state index in [0.717, 1.165) is 22.4 Å². The molecule has 1 atom stereocenters. The molecule has 0 radical (unpaired) electrons. The van der Waals surface area contributed by atoms with Crippen LogP contribution < -0.4 is 5.32 Å². The summed E-state index contributed by atoms with van der Waals surface area (Å²) in [5.74, 6) is 0. The average molecular weight is 333 g/mol. The molecule has 0 bridgehead atoms. The largest absolute Gasteiger partial charge is 0.388 e. The Balaban J connectivity index is 2.58. The van der Waals surface area contributed by atoms with Gasteiger partial charge in [-0.15, -0.1) is 0 Å². The molecular formula is C13H25BrN4O. The van der Waals surface area contributed by atoms with Crippen molar-refractivity contribution in [3.63, 3.8) is 0 Å². The van der Waals surface area contributed by atoms with Crippen molar-refractivity contribution in [3.8, 4) is 0 Å². The van der Waals surface area contributed by atoms with Gasteiger partial charge in [0.2, 0.25) is 0 Å². The first kappa shape index (κ1) is 16.6. The molecule has 0 aliphatic rings. The van der Waals surface area contributed by atoms with Crippen molar-refractivity contribution < 1.29 is 5.11 Å². The van der Waals surface area contributed by atoms with E-state index in [4.69, 9.17) is 0 Å². The van der Waals surface area contributed by atoms with Gasteiger partial charge in [-0.2, -0.15) is 5.10 Å². The van der Waals surface area contributed by atoms with Gasteiger partial charge in [-0.25, -0.2) is 0 Å². The zero-order chi connectivity index (χ0) is 14.6. The molecule has 1 rings (SSSR count). The fourth-order valence-corrected chi connectivity index (χ4v) is 2.65. The second-order valence-corrected chi connectivity index (χ2v) is 6.29. The fourth-order valence-electron chi connectivity index (χ4n) is 2.23. The van der Waals surface area contributed by atoms with E-state index in [2.05, 4.69) is 33.3 Å². The van der Waals surface area contributed by atoms with Gasteiger partial charge in [-0.05, 0) is 50.8 Å². The first-order valence-corrected chi connectivity index (χ1v) is 7.35. The van der Waals surface area contributed by atoms with Crippen LogP contribution in [0.5, 0.6) is 0 Å². The molecule has 2 N–H and O–H groups in total. The van der Waals surface area contributed by atoms with Gasteiger partial charge in [0.15, 0.2) is 0 Å². The minimum Gasteiger partial charge on any atom is -0.388 e. The molecule has 0 saturated heterocycles. The normalized spacial score (nSPS) is 14.9. The third-order valence-corrected chi connectivity index (χ3v) is 3.94. The molecule has 6 heteroatoms. The zero-order valence-electron chi connectivity index (χ0n) is 12.5. The minimum absolute atomic E-state index is 0.547. The van der Waals surface area contributed by atoms with Crippen LogP contribution in [0.15, 0.2) is 4.47 Å². The Bertz CT molecular complexity index is 415. The maximum Gasteiger partial charge on any atom is 0.0869 e. The van der Waals surface area contributed by atoms with E-state index in [0.29, 0.717) is 19.6 Å². The highest BCUT2D eigenvalue weighted by atomic mass is 79.9. The van der Waals surface area contributed by atoms with Gasteiger partial charge in [-0.3, -0.25) is 4.68 Å². The van der Waals surface area contributed by atoms with Gasteiger partial charge in [0.05, 0.1) is 21.5 Å². The highest BCUT2D eigenvalue weighted by Gasteiger charge is 2.21. The third-order valence-electron chi connectivity index (χ3n) is 2.91. The Morgan fingerprint density at radius 3 is 2.63 bits per heavy atom. The predicted molar refractivity (Wildman–Crippen MR) is 81.2 cm³/mol. The van der Waals surface area contributed by atoms with Crippen molar-refractivity contribution in [2.24, 2.45) is 0 Å². The number of rotatable bonds is 7. The van der Waals surface area contributed by atoms with E-state index in [-0.39, 0.29) is 0 Å². The van der Waals surface area contributed by atoms with Crippen molar-refractivity contribution in [2.75, 3.05) is 27.2 Å². The van der Waals surface area contributed by atoms with Gasteiger partial charge in [0.1, 0.15) is 0 Å². The van der Waals surface area contributed by atoms with Gasteiger partial charge in [-0.1, -0.05) is 0 Å². The average Bonchev–Trinajstić information content (AvgIpc) is 2.54. The van der Waals surface area contributed by atoms with Crippen LogP contribution in [-0.2, 0) is 13.1 Å². The summed E-state index contributed by atoms with van der Waals surface area (Å²) >= 11 is 3.57. The number of aryl methyl sites for hydroxylation is 2. The quantitative estimate of drug-likeness (QED) is 0.792. The summed E-state index contributed by atoms with van der Waals surface area (Å²) in [4.78, 5) is 1.98. The first-order valence-electron chi connectivity index (χ1n) is 6.56. The maximum absolute atomic E-state index is 10.2. The molecule has 1 heterocycles. The molecule has 0 amide bonds. The SMILES string of the molecule is CCn1nc(C)c(Br)c1CNCC(C)(O)CN(C)C. The number of hydrogen-bond donors (Lipinski definition) is 2. The van der Waals surface area contributed by atoms with E-state index in [1.165, 1.54) is 0 Å². The van der Waals surface area contributed by atoms with Crippen molar-refractivity contribution >= 4 is 15.9 Å². The van der Waals surface area contributed by atoms with Crippen molar-refractivity contribution in [1.82, 2.24) is 20.0 Å². The number of likely N-dealkylation sites (N-methyl/N-ethyl adjacent to an activating group) is 1. The Morgan fingerprint density at radius 2 is 2.11 bits per heavy atom. The number of aromatic nitrogens is 2. The van der Waals surface area contributed by atoms with Crippen LogP contribution in [0.4, 0.5) is 0 Å². The fraction of sp³-hybridized carbons (Fsp3) is 0.769. The van der Waals surface area contributed by atoms with E-state index < -0.39 is 5.60 Å². The lowest BCUT2D eigenvalue weighted by molar-refractivity contribution is 0.0334. The number of nitrogens with one attached hydrogen (secondary N) is 1. The van der Waals surface area contributed by atoms with Crippen molar-refractivity contribution in [1.29, 1.82) is 0 Å². The molecule has 0 aliphatic heterocycles. The van der Waals surface area contributed by atoms with E-state index in [9.17, 15) is 5.11 Å². The Kier molecular flexibility index (Phi) is 5.98. The van der Waals surface area contributed by atoms with Gasteiger partial charge >= 0.3 is 0 Å².